The number of likely N-dealkylation sites (N-methyl/N-ethyl adjacent to an activating group) is 1. The summed E-state index contributed by atoms with van der Waals surface area (Å²) in [5.74, 6) is 0. The van der Waals surface area contributed by atoms with E-state index in [-0.39, 0.29) is 0 Å². The minimum Gasteiger partial charge on any atom is -0.368 e. The van der Waals surface area contributed by atoms with Crippen molar-refractivity contribution in [2.24, 2.45) is 0 Å². The number of anilines is 1. The minimum absolute atomic E-state index is 0.514. The Morgan fingerprint density at radius 1 is 1.19 bits per heavy atom. The van der Waals surface area contributed by atoms with E-state index in [0.29, 0.717) is 6.04 Å². The highest BCUT2D eigenvalue weighted by molar-refractivity contribution is 5.71. The summed E-state index contributed by atoms with van der Waals surface area (Å²) >= 11 is 0. The Kier molecular flexibility index (Phi) is 4.40. The molecule has 0 saturated heterocycles. The van der Waals surface area contributed by atoms with Crippen molar-refractivity contribution in [3.63, 3.8) is 0 Å². The van der Waals surface area contributed by atoms with E-state index in [1.165, 1.54) is 11.3 Å². The van der Waals surface area contributed by atoms with E-state index in [1.54, 1.807) is 0 Å². The van der Waals surface area contributed by atoms with E-state index >= 15 is 0 Å². The van der Waals surface area contributed by atoms with Gasteiger partial charge in [-0.3, -0.25) is 0 Å². The standard InChI is InChI=1S/C11H13N.CHF3/c1-9-7-8-10-5-3-4-6-11(10)12(9)2;2-1(3)4/h3-9H,1-2H3;1H. The first-order valence-electron chi connectivity index (χ1n) is 4.94. The van der Waals surface area contributed by atoms with Gasteiger partial charge in [0, 0.05) is 18.8 Å². The molecule has 1 aromatic carbocycles. The van der Waals surface area contributed by atoms with Crippen LogP contribution in [0.4, 0.5) is 18.9 Å². The summed E-state index contributed by atoms with van der Waals surface area (Å²) in [4.78, 5) is 2.29. The van der Waals surface area contributed by atoms with Crippen LogP contribution in [0.1, 0.15) is 12.5 Å². The molecule has 0 aromatic heterocycles. The lowest BCUT2D eigenvalue weighted by atomic mass is 10.1. The van der Waals surface area contributed by atoms with Crippen molar-refractivity contribution in [1.82, 2.24) is 0 Å². The molecule has 88 valence electrons. The van der Waals surface area contributed by atoms with Crippen LogP contribution in [0, 0.1) is 0 Å². The summed E-state index contributed by atoms with van der Waals surface area (Å²) in [6.07, 6.45) is 4.42. The normalized spacial score (nSPS) is 17.9. The van der Waals surface area contributed by atoms with Gasteiger partial charge in [0.05, 0.1) is 0 Å². The first-order valence-corrected chi connectivity index (χ1v) is 4.94. The van der Waals surface area contributed by atoms with Crippen LogP contribution in [-0.2, 0) is 0 Å². The van der Waals surface area contributed by atoms with Gasteiger partial charge in [0.2, 0.25) is 0 Å². The smallest absolute Gasteiger partial charge is 0.368 e. The summed E-state index contributed by atoms with van der Waals surface area (Å²) in [5, 5.41) is 0. The fourth-order valence-electron chi connectivity index (χ4n) is 1.54. The van der Waals surface area contributed by atoms with Gasteiger partial charge in [-0.15, -0.1) is 0 Å². The molecule has 0 amide bonds. The maximum absolute atomic E-state index is 9.67. The van der Waals surface area contributed by atoms with Crippen LogP contribution >= 0.6 is 0 Å². The molecule has 0 radical (unpaired) electrons. The molecular formula is C12H14F3N. The number of benzene rings is 1. The van der Waals surface area contributed by atoms with Crippen molar-refractivity contribution in [1.29, 1.82) is 0 Å². The molecule has 2 rings (SSSR count). The maximum Gasteiger partial charge on any atom is 0.379 e. The Bertz CT molecular complexity index is 360. The maximum atomic E-state index is 9.67. The lowest BCUT2D eigenvalue weighted by Crippen LogP contribution is -2.29. The average molecular weight is 229 g/mol. The van der Waals surface area contributed by atoms with Crippen molar-refractivity contribution in [3.8, 4) is 0 Å². The van der Waals surface area contributed by atoms with Crippen LogP contribution in [0.3, 0.4) is 0 Å². The monoisotopic (exact) mass is 229 g/mol. The molecule has 1 heterocycles. The lowest BCUT2D eigenvalue weighted by Gasteiger charge is -2.29. The SMILES string of the molecule is CC1C=Cc2ccccc2N1C.FC(F)F. The summed E-state index contributed by atoms with van der Waals surface area (Å²) < 4.78 is 29.0. The largest absolute Gasteiger partial charge is 0.379 e. The summed E-state index contributed by atoms with van der Waals surface area (Å²) in [5.41, 5.74) is 2.64. The fourth-order valence-corrected chi connectivity index (χ4v) is 1.54. The number of hydrogen-bond acceptors (Lipinski definition) is 1. The number of nitrogens with zero attached hydrogens (tertiary/aromatic N) is 1. The molecule has 0 aliphatic carbocycles. The molecule has 1 aliphatic heterocycles. The van der Waals surface area contributed by atoms with Crippen molar-refractivity contribution in [2.45, 2.75) is 19.6 Å². The number of hydrogen-bond donors (Lipinski definition) is 0. The zero-order valence-corrected chi connectivity index (χ0v) is 9.20. The Morgan fingerprint density at radius 3 is 2.38 bits per heavy atom. The number of halogens is 3. The third-order valence-electron chi connectivity index (χ3n) is 2.48. The predicted octanol–water partition coefficient (Wildman–Crippen LogP) is 3.72. The average Bonchev–Trinajstić information content (AvgIpc) is 2.23. The Hall–Kier alpha value is -1.45. The van der Waals surface area contributed by atoms with Crippen molar-refractivity contribution >= 4 is 11.8 Å². The molecule has 0 fully saturated rings. The summed E-state index contributed by atoms with van der Waals surface area (Å²) in [7, 11) is 2.13. The topological polar surface area (TPSA) is 3.24 Å². The summed E-state index contributed by atoms with van der Waals surface area (Å²) in [6, 6.07) is 8.98. The molecule has 16 heavy (non-hydrogen) atoms. The molecule has 0 bridgehead atoms. The highest BCUT2D eigenvalue weighted by Crippen LogP contribution is 2.26. The van der Waals surface area contributed by atoms with Gasteiger partial charge < -0.3 is 4.90 Å². The van der Waals surface area contributed by atoms with E-state index < -0.39 is 6.68 Å². The van der Waals surface area contributed by atoms with Crippen LogP contribution in [0.25, 0.3) is 6.08 Å². The Morgan fingerprint density at radius 2 is 1.75 bits per heavy atom. The second-order valence-electron chi connectivity index (χ2n) is 3.52. The molecule has 1 unspecified atom stereocenters. The quantitative estimate of drug-likeness (QED) is 0.655. The van der Waals surface area contributed by atoms with Gasteiger partial charge in [-0.05, 0) is 18.6 Å². The third-order valence-corrected chi connectivity index (χ3v) is 2.48. The number of alkyl halides is 3. The van der Waals surface area contributed by atoms with E-state index in [9.17, 15) is 13.2 Å². The highest BCUT2D eigenvalue weighted by atomic mass is 19.4. The summed E-state index contributed by atoms with van der Waals surface area (Å²) in [6.45, 7) is -1.47. The van der Waals surface area contributed by atoms with Gasteiger partial charge in [0.1, 0.15) is 0 Å². The number of rotatable bonds is 0. The van der Waals surface area contributed by atoms with Gasteiger partial charge in [-0.1, -0.05) is 30.4 Å². The molecule has 1 nitrogen and oxygen atoms in total. The number of para-hydroxylation sites is 1. The van der Waals surface area contributed by atoms with Crippen LogP contribution in [0.5, 0.6) is 0 Å². The van der Waals surface area contributed by atoms with Gasteiger partial charge in [0.15, 0.2) is 0 Å². The predicted molar refractivity (Wildman–Crippen MR) is 60.5 cm³/mol. The Labute approximate surface area is 93.2 Å². The first-order chi connectivity index (χ1) is 7.52. The van der Waals surface area contributed by atoms with Crippen LogP contribution in [0.2, 0.25) is 0 Å². The molecular weight excluding hydrogens is 215 g/mol. The van der Waals surface area contributed by atoms with Crippen molar-refractivity contribution in [2.75, 3.05) is 11.9 Å². The van der Waals surface area contributed by atoms with Crippen LogP contribution < -0.4 is 4.90 Å². The molecule has 1 aromatic rings. The highest BCUT2D eigenvalue weighted by Gasteiger charge is 2.13. The fraction of sp³-hybridized carbons (Fsp3) is 0.333. The Balaban J connectivity index is 0.000000280. The third kappa shape index (κ3) is 3.29. The van der Waals surface area contributed by atoms with Gasteiger partial charge >= 0.3 is 6.68 Å². The van der Waals surface area contributed by atoms with Gasteiger partial charge in [-0.25, -0.2) is 0 Å². The molecule has 0 N–H and O–H groups in total. The minimum atomic E-state index is -3.67. The number of fused-ring (bicyclic) bond motifs is 1. The van der Waals surface area contributed by atoms with Gasteiger partial charge in [0.25, 0.3) is 0 Å². The van der Waals surface area contributed by atoms with Crippen LogP contribution in [-0.4, -0.2) is 19.8 Å². The second-order valence-corrected chi connectivity index (χ2v) is 3.52. The van der Waals surface area contributed by atoms with Crippen LogP contribution in [0.15, 0.2) is 30.3 Å². The molecule has 0 spiro atoms. The molecule has 4 heteroatoms. The van der Waals surface area contributed by atoms with E-state index in [2.05, 4.69) is 55.3 Å². The zero-order chi connectivity index (χ0) is 12.1. The van der Waals surface area contributed by atoms with Crippen molar-refractivity contribution < 1.29 is 13.2 Å². The second kappa shape index (κ2) is 5.58. The van der Waals surface area contributed by atoms with E-state index in [4.69, 9.17) is 0 Å². The molecule has 1 aliphatic rings. The van der Waals surface area contributed by atoms with E-state index in [0.717, 1.165) is 0 Å². The van der Waals surface area contributed by atoms with Crippen molar-refractivity contribution in [3.05, 3.63) is 35.9 Å². The van der Waals surface area contributed by atoms with E-state index in [1.807, 2.05) is 0 Å². The first kappa shape index (κ1) is 12.6. The van der Waals surface area contributed by atoms with Gasteiger partial charge in [-0.2, -0.15) is 13.2 Å². The molecule has 1 atom stereocenters. The molecule has 0 saturated carbocycles. The lowest BCUT2D eigenvalue weighted by molar-refractivity contribution is 0.00819. The zero-order valence-electron chi connectivity index (χ0n) is 9.20.